The van der Waals surface area contributed by atoms with Crippen LogP contribution in [-0.2, 0) is 28.8 Å². The largest absolute Gasteiger partial charge is 0.481 e. The maximum Gasteiger partial charge on any atom is 0.326 e. The summed E-state index contributed by atoms with van der Waals surface area (Å²) in [4.78, 5) is 79.6. The van der Waals surface area contributed by atoms with Gasteiger partial charge in [-0.2, -0.15) is 0 Å². The summed E-state index contributed by atoms with van der Waals surface area (Å²) in [6.07, 6.45) is -1.25. The minimum Gasteiger partial charge on any atom is -0.481 e. The molecule has 0 spiro atoms. The van der Waals surface area contributed by atoms with Crippen molar-refractivity contribution in [3.05, 3.63) is 0 Å². The van der Waals surface area contributed by atoms with Crippen molar-refractivity contribution in [2.45, 2.75) is 62.7 Å². The molecule has 4 unspecified atom stereocenters. The fraction of sp³-hybridized carbons (Fsp3) is 0.600. The molecule has 0 aliphatic carbocycles. The molecule has 4 amide bonds. The second kappa shape index (κ2) is 17.7. The standard InChI is InChI=1S/C20H37N11O8/c21-9(7-14(33)34)15(35)29-10(3-1-5-27-19(23)24)16(36)31-12(8-13(22)32)17(37)30-11(18(38)39)4-2-6-28-20(25)26/h9-12H,1-8,21H2,(H2,22,32)(H,29,35)(H,30,37)(H,31,36)(H,33,34)(H,38,39)(H4,23,24,27)(H4,25,26,28). The first-order valence-corrected chi connectivity index (χ1v) is 11.6. The molecule has 0 aromatic rings. The van der Waals surface area contributed by atoms with E-state index in [1.54, 1.807) is 0 Å². The van der Waals surface area contributed by atoms with Crippen LogP contribution in [0.2, 0.25) is 0 Å². The van der Waals surface area contributed by atoms with Gasteiger partial charge in [-0.3, -0.25) is 34.0 Å². The van der Waals surface area contributed by atoms with Gasteiger partial charge in [0.1, 0.15) is 18.1 Å². The van der Waals surface area contributed by atoms with Crippen molar-refractivity contribution < 1.29 is 39.0 Å². The van der Waals surface area contributed by atoms with Gasteiger partial charge in [0.2, 0.25) is 23.6 Å². The summed E-state index contributed by atoms with van der Waals surface area (Å²) in [5, 5.41) is 25.0. The average molecular weight is 560 g/mol. The molecule has 0 aliphatic rings. The first-order valence-electron chi connectivity index (χ1n) is 11.6. The lowest BCUT2D eigenvalue weighted by Gasteiger charge is -2.24. The number of hydrogen-bond acceptors (Lipinski definition) is 9. The van der Waals surface area contributed by atoms with Crippen LogP contribution in [0.3, 0.4) is 0 Å². The molecule has 0 bridgehead atoms. The zero-order chi connectivity index (χ0) is 30.1. The molecule has 0 radical (unpaired) electrons. The Balaban J connectivity index is 5.63. The van der Waals surface area contributed by atoms with Gasteiger partial charge >= 0.3 is 11.9 Å². The van der Waals surface area contributed by atoms with E-state index in [2.05, 4.69) is 25.9 Å². The Kier molecular flexibility index (Phi) is 15.6. The molecular formula is C20H37N11O8. The number of nitrogens with two attached hydrogens (primary N) is 6. The number of guanidine groups is 2. The third-order valence-electron chi connectivity index (χ3n) is 4.91. The Morgan fingerprint density at radius 2 is 1.08 bits per heavy atom. The first-order chi connectivity index (χ1) is 18.1. The van der Waals surface area contributed by atoms with Crippen molar-refractivity contribution in [3.63, 3.8) is 0 Å². The molecule has 0 heterocycles. The lowest BCUT2D eigenvalue weighted by Crippen LogP contribution is -2.57. The smallest absolute Gasteiger partial charge is 0.326 e. The van der Waals surface area contributed by atoms with Crippen molar-refractivity contribution in [1.29, 1.82) is 0 Å². The van der Waals surface area contributed by atoms with Crippen molar-refractivity contribution in [1.82, 2.24) is 16.0 Å². The van der Waals surface area contributed by atoms with Crippen molar-refractivity contribution in [3.8, 4) is 0 Å². The quantitative estimate of drug-likeness (QED) is 0.0399. The number of nitrogens with one attached hydrogen (secondary N) is 3. The summed E-state index contributed by atoms with van der Waals surface area (Å²) in [6.45, 7) is 0.156. The van der Waals surface area contributed by atoms with Crippen molar-refractivity contribution >= 4 is 47.5 Å². The van der Waals surface area contributed by atoms with Crippen LogP contribution in [0.5, 0.6) is 0 Å². The Bertz CT molecular complexity index is 948. The monoisotopic (exact) mass is 559 g/mol. The van der Waals surface area contributed by atoms with Crippen LogP contribution in [0.25, 0.3) is 0 Å². The fourth-order valence-corrected chi connectivity index (χ4v) is 3.05. The second-order valence-electron chi connectivity index (χ2n) is 8.29. The van der Waals surface area contributed by atoms with E-state index in [0.29, 0.717) is 0 Å². The SMILES string of the molecule is NC(=O)CC(NC(=O)C(CCCN=C(N)N)NC(=O)C(N)CC(=O)O)C(=O)NC(CCCN=C(N)N)C(=O)O. The van der Waals surface area contributed by atoms with Gasteiger partial charge in [0.15, 0.2) is 11.9 Å². The van der Waals surface area contributed by atoms with Gasteiger partial charge in [-0.05, 0) is 25.7 Å². The molecule has 4 atom stereocenters. The number of carboxylic acid groups (broad SMARTS) is 2. The molecule has 19 heteroatoms. The van der Waals surface area contributed by atoms with E-state index in [0.717, 1.165) is 0 Å². The first kappa shape index (κ1) is 34.3. The average Bonchev–Trinajstić information content (AvgIpc) is 2.80. The zero-order valence-electron chi connectivity index (χ0n) is 21.2. The molecule has 0 aromatic carbocycles. The molecule has 39 heavy (non-hydrogen) atoms. The van der Waals surface area contributed by atoms with Crippen LogP contribution in [0, 0.1) is 0 Å². The predicted molar refractivity (Wildman–Crippen MR) is 137 cm³/mol. The van der Waals surface area contributed by atoms with E-state index in [9.17, 15) is 33.9 Å². The molecule has 0 aromatic heterocycles. The number of carbonyl (C=O) groups excluding carboxylic acids is 4. The number of primary amides is 1. The number of amides is 4. The van der Waals surface area contributed by atoms with Gasteiger partial charge in [0.25, 0.3) is 0 Å². The van der Waals surface area contributed by atoms with E-state index in [4.69, 9.17) is 39.5 Å². The van der Waals surface area contributed by atoms with Crippen LogP contribution in [0.1, 0.15) is 38.5 Å². The number of carboxylic acids is 2. The molecular weight excluding hydrogens is 522 g/mol. The van der Waals surface area contributed by atoms with Crippen LogP contribution in [0.4, 0.5) is 0 Å². The van der Waals surface area contributed by atoms with E-state index in [1.807, 2.05) is 0 Å². The summed E-state index contributed by atoms with van der Waals surface area (Å²) >= 11 is 0. The summed E-state index contributed by atoms with van der Waals surface area (Å²) < 4.78 is 0. The normalized spacial score (nSPS) is 13.5. The molecule has 220 valence electrons. The number of aliphatic carboxylic acids is 2. The highest BCUT2D eigenvalue weighted by atomic mass is 16.4. The van der Waals surface area contributed by atoms with Crippen LogP contribution >= 0.6 is 0 Å². The Labute approximate surface area is 223 Å². The van der Waals surface area contributed by atoms with Gasteiger partial charge < -0.3 is 60.6 Å². The number of rotatable bonds is 19. The molecule has 17 N–H and O–H groups in total. The number of carbonyl (C=O) groups is 6. The fourth-order valence-electron chi connectivity index (χ4n) is 3.05. The zero-order valence-corrected chi connectivity index (χ0v) is 21.2. The maximum atomic E-state index is 13.0. The highest BCUT2D eigenvalue weighted by Crippen LogP contribution is 2.05. The molecule has 0 saturated carbocycles. The van der Waals surface area contributed by atoms with Gasteiger partial charge in [0, 0.05) is 13.1 Å². The van der Waals surface area contributed by atoms with Gasteiger partial charge in [0.05, 0.1) is 18.9 Å². The topological polar surface area (TPSA) is 360 Å². The third-order valence-corrected chi connectivity index (χ3v) is 4.91. The van der Waals surface area contributed by atoms with Crippen molar-refractivity contribution in [2.24, 2.45) is 44.4 Å². The highest BCUT2D eigenvalue weighted by molar-refractivity contribution is 5.96. The lowest BCUT2D eigenvalue weighted by molar-refractivity contribution is -0.142. The van der Waals surface area contributed by atoms with Crippen LogP contribution in [0.15, 0.2) is 9.98 Å². The molecule has 0 fully saturated rings. The Morgan fingerprint density at radius 1 is 0.641 bits per heavy atom. The summed E-state index contributed by atoms with van der Waals surface area (Å²) in [5.74, 6) is -7.12. The van der Waals surface area contributed by atoms with E-state index >= 15 is 0 Å². The second-order valence-corrected chi connectivity index (χ2v) is 8.29. The number of nitrogens with zero attached hydrogens (tertiary/aromatic N) is 2. The molecule has 0 rings (SSSR count). The molecule has 0 saturated heterocycles. The van der Waals surface area contributed by atoms with E-state index < -0.39 is 72.6 Å². The summed E-state index contributed by atoms with van der Waals surface area (Å²) in [6, 6.07) is -5.87. The predicted octanol–water partition coefficient (Wildman–Crippen LogP) is -5.69. The summed E-state index contributed by atoms with van der Waals surface area (Å²) in [7, 11) is 0. The highest BCUT2D eigenvalue weighted by Gasteiger charge is 2.31. The Hall–Kier alpha value is -4.68. The number of hydrogen-bond donors (Lipinski definition) is 11. The minimum atomic E-state index is -1.61. The molecule has 19 nitrogen and oxygen atoms in total. The van der Waals surface area contributed by atoms with Crippen LogP contribution < -0.4 is 50.4 Å². The van der Waals surface area contributed by atoms with E-state index in [-0.39, 0.29) is 50.7 Å². The molecule has 0 aliphatic heterocycles. The third kappa shape index (κ3) is 15.9. The van der Waals surface area contributed by atoms with Gasteiger partial charge in [-0.15, -0.1) is 0 Å². The van der Waals surface area contributed by atoms with Gasteiger partial charge in [-0.1, -0.05) is 0 Å². The number of aliphatic imine (C=N–C) groups is 2. The Morgan fingerprint density at radius 3 is 1.51 bits per heavy atom. The minimum absolute atomic E-state index is 0.0640. The maximum absolute atomic E-state index is 13.0. The van der Waals surface area contributed by atoms with E-state index in [1.165, 1.54) is 0 Å². The summed E-state index contributed by atoms with van der Waals surface area (Å²) in [5.41, 5.74) is 31.7. The van der Waals surface area contributed by atoms with Gasteiger partial charge in [-0.25, -0.2) is 4.79 Å². The lowest BCUT2D eigenvalue weighted by atomic mass is 10.1. The van der Waals surface area contributed by atoms with Crippen LogP contribution in [-0.4, -0.2) is 95.0 Å². The van der Waals surface area contributed by atoms with Crippen molar-refractivity contribution in [2.75, 3.05) is 13.1 Å².